The highest BCUT2D eigenvalue weighted by Gasteiger charge is 2.37. The van der Waals surface area contributed by atoms with Crippen LogP contribution < -0.4 is 0 Å². The Labute approximate surface area is 363 Å². The highest BCUT2D eigenvalue weighted by atomic mass is 32.1. The fraction of sp³-hybridized carbons (Fsp3) is 0.105. The van der Waals surface area contributed by atoms with Crippen LogP contribution in [0.4, 0.5) is 0 Å². The monoisotopic (exact) mass is 812 g/mol. The average Bonchev–Trinajstić information content (AvgIpc) is 4.00. The van der Waals surface area contributed by atoms with Gasteiger partial charge in [0.05, 0.1) is 15.7 Å². The fourth-order valence-corrected chi connectivity index (χ4v) is 11.9. The Bertz CT molecular complexity index is 3570. The highest BCUT2D eigenvalue weighted by molar-refractivity contribution is 7.26. The van der Waals surface area contributed by atoms with Crippen molar-refractivity contribution < 1.29 is 0 Å². The lowest BCUT2D eigenvalue weighted by Crippen LogP contribution is -2.15. The Balaban J connectivity index is 0.982. The summed E-state index contributed by atoms with van der Waals surface area (Å²) in [4.78, 5) is 15.9. The van der Waals surface area contributed by atoms with Gasteiger partial charge in [-0.15, -0.1) is 11.3 Å². The fourth-order valence-electron chi connectivity index (χ4n) is 10.7. The van der Waals surface area contributed by atoms with Crippen molar-refractivity contribution in [3.8, 4) is 62.1 Å². The summed E-state index contributed by atoms with van der Waals surface area (Å²) in [6, 6.07) is 61.9. The zero-order chi connectivity index (χ0) is 41.5. The molecule has 0 radical (unpaired) electrons. The van der Waals surface area contributed by atoms with Crippen LogP contribution in [0.15, 0.2) is 170 Å². The molecule has 0 bridgehead atoms. The first-order chi connectivity index (χ1) is 30.2. The van der Waals surface area contributed by atoms with E-state index in [0.29, 0.717) is 17.5 Å². The minimum absolute atomic E-state index is 0.148. The van der Waals surface area contributed by atoms with E-state index in [1.54, 1.807) is 0 Å². The molecule has 13 rings (SSSR count). The van der Waals surface area contributed by atoms with E-state index in [2.05, 4.69) is 202 Å². The molecule has 0 aliphatic heterocycles. The van der Waals surface area contributed by atoms with Gasteiger partial charge in [0.2, 0.25) is 0 Å². The van der Waals surface area contributed by atoms with Gasteiger partial charge in [-0.25, -0.2) is 15.0 Å². The van der Waals surface area contributed by atoms with Crippen LogP contribution in [0.25, 0.3) is 104 Å². The maximum Gasteiger partial charge on any atom is 0.164 e. The van der Waals surface area contributed by atoms with Gasteiger partial charge in [0.15, 0.2) is 17.5 Å². The van der Waals surface area contributed by atoms with E-state index in [-0.39, 0.29) is 10.8 Å². The van der Waals surface area contributed by atoms with Gasteiger partial charge in [0.25, 0.3) is 0 Å². The predicted octanol–water partition coefficient (Wildman–Crippen LogP) is 15.0. The normalized spacial score (nSPS) is 14.4. The standard InChI is InChI=1S/C57H40N4S/c1-56(2)45-17-9-5-13-37(45)39-27-23-34(31-47(39)56)54-58-53(59-55(60-54)35-24-28-40-38-14-6-10-18-46(38)57(3,4)48(40)32-35)33-21-25-36(26-22-33)61-49-19-11-7-15-41(49)43-29-30-44-42-16-8-12-20-50(42)62-52(44)51(43)61/h5-32H,1-4H3. The second-order valence-corrected chi connectivity index (χ2v) is 19.1. The molecule has 8 aromatic carbocycles. The Morgan fingerprint density at radius 3 is 1.52 bits per heavy atom. The molecule has 62 heavy (non-hydrogen) atoms. The van der Waals surface area contributed by atoms with Gasteiger partial charge < -0.3 is 4.57 Å². The Morgan fingerprint density at radius 1 is 0.403 bits per heavy atom. The zero-order valence-corrected chi connectivity index (χ0v) is 35.7. The predicted molar refractivity (Wildman–Crippen MR) is 258 cm³/mol. The average molecular weight is 813 g/mol. The molecule has 0 N–H and O–H groups in total. The number of thiophene rings is 1. The second kappa shape index (κ2) is 12.7. The zero-order valence-electron chi connectivity index (χ0n) is 34.9. The van der Waals surface area contributed by atoms with Crippen molar-refractivity contribution in [3.05, 3.63) is 192 Å². The summed E-state index contributed by atoms with van der Waals surface area (Å²) in [6.45, 7) is 9.28. The van der Waals surface area contributed by atoms with Crippen LogP contribution in [-0.2, 0) is 10.8 Å². The van der Waals surface area contributed by atoms with Crippen molar-refractivity contribution in [3.63, 3.8) is 0 Å². The van der Waals surface area contributed by atoms with Gasteiger partial charge >= 0.3 is 0 Å². The van der Waals surface area contributed by atoms with Crippen LogP contribution in [0.3, 0.4) is 0 Å². The van der Waals surface area contributed by atoms with Crippen molar-refractivity contribution in [2.24, 2.45) is 0 Å². The molecule has 294 valence electrons. The summed E-state index contributed by atoms with van der Waals surface area (Å²) < 4.78 is 5.04. The van der Waals surface area contributed by atoms with E-state index < -0.39 is 0 Å². The molecule has 0 unspecified atom stereocenters. The molecule has 0 spiro atoms. The van der Waals surface area contributed by atoms with E-state index >= 15 is 0 Å². The minimum atomic E-state index is -0.148. The molecule has 11 aromatic rings. The first-order valence-corrected chi connectivity index (χ1v) is 22.3. The lowest BCUT2D eigenvalue weighted by Gasteiger charge is -2.22. The molecule has 3 heterocycles. The largest absolute Gasteiger partial charge is 0.308 e. The second-order valence-electron chi connectivity index (χ2n) is 18.0. The Morgan fingerprint density at radius 2 is 0.887 bits per heavy atom. The van der Waals surface area contributed by atoms with Crippen molar-refractivity contribution in [2.75, 3.05) is 0 Å². The molecule has 5 heteroatoms. The molecule has 2 aliphatic rings. The van der Waals surface area contributed by atoms with Crippen LogP contribution in [0.5, 0.6) is 0 Å². The molecule has 3 aromatic heterocycles. The van der Waals surface area contributed by atoms with E-state index in [0.717, 1.165) is 22.4 Å². The molecular weight excluding hydrogens is 773 g/mol. The van der Waals surface area contributed by atoms with Crippen LogP contribution >= 0.6 is 11.3 Å². The molecule has 0 atom stereocenters. The van der Waals surface area contributed by atoms with Gasteiger partial charge in [-0.3, -0.25) is 0 Å². The van der Waals surface area contributed by atoms with Crippen molar-refractivity contribution in [1.29, 1.82) is 0 Å². The topological polar surface area (TPSA) is 43.6 Å². The number of fused-ring (bicyclic) bond motifs is 13. The van der Waals surface area contributed by atoms with Gasteiger partial charge in [-0.1, -0.05) is 149 Å². The summed E-state index contributed by atoms with van der Waals surface area (Å²) >= 11 is 1.87. The third-order valence-electron chi connectivity index (χ3n) is 13.9. The summed E-state index contributed by atoms with van der Waals surface area (Å²) in [5, 5.41) is 5.10. The van der Waals surface area contributed by atoms with Crippen molar-refractivity contribution in [2.45, 2.75) is 38.5 Å². The van der Waals surface area contributed by atoms with Gasteiger partial charge in [-0.05, 0) is 93.0 Å². The van der Waals surface area contributed by atoms with Crippen LogP contribution in [0, 0.1) is 0 Å². The van der Waals surface area contributed by atoms with Crippen LogP contribution in [0.2, 0.25) is 0 Å². The molecular formula is C57H40N4S. The number of hydrogen-bond donors (Lipinski definition) is 0. The number of hydrogen-bond acceptors (Lipinski definition) is 4. The van der Waals surface area contributed by atoms with Crippen LogP contribution in [0.1, 0.15) is 49.9 Å². The highest BCUT2D eigenvalue weighted by Crippen LogP contribution is 2.51. The minimum Gasteiger partial charge on any atom is -0.308 e. The van der Waals surface area contributed by atoms with Gasteiger partial charge in [0.1, 0.15) is 0 Å². The first kappa shape index (κ1) is 35.5. The molecule has 0 saturated carbocycles. The Kier molecular flexibility index (Phi) is 7.26. The summed E-state index contributed by atoms with van der Waals surface area (Å²) in [5.74, 6) is 1.99. The number of benzene rings is 8. The maximum absolute atomic E-state index is 5.29. The van der Waals surface area contributed by atoms with E-state index in [9.17, 15) is 0 Å². The molecule has 0 fully saturated rings. The molecule has 2 aliphatic carbocycles. The number of aromatic nitrogens is 4. The third-order valence-corrected chi connectivity index (χ3v) is 15.1. The van der Waals surface area contributed by atoms with E-state index in [1.807, 2.05) is 11.3 Å². The van der Waals surface area contributed by atoms with Crippen LogP contribution in [-0.4, -0.2) is 19.5 Å². The summed E-state index contributed by atoms with van der Waals surface area (Å²) in [5.41, 5.74) is 16.6. The Hall–Kier alpha value is -7.21. The van der Waals surface area contributed by atoms with E-state index in [4.69, 9.17) is 15.0 Å². The van der Waals surface area contributed by atoms with Crippen molar-refractivity contribution in [1.82, 2.24) is 19.5 Å². The van der Waals surface area contributed by atoms with E-state index in [1.165, 1.54) is 86.5 Å². The lowest BCUT2D eigenvalue weighted by molar-refractivity contribution is 0.660. The number of nitrogens with zero attached hydrogens (tertiary/aromatic N) is 4. The smallest absolute Gasteiger partial charge is 0.164 e. The quantitative estimate of drug-likeness (QED) is 0.178. The summed E-state index contributed by atoms with van der Waals surface area (Å²) in [6.07, 6.45) is 0. The first-order valence-electron chi connectivity index (χ1n) is 21.4. The summed E-state index contributed by atoms with van der Waals surface area (Å²) in [7, 11) is 0. The molecule has 0 saturated heterocycles. The van der Waals surface area contributed by atoms with Gasteiger partial charge in [-0.2, -0.15) is 0 Å². The van der Waals surface area contributed by atoms with Gasteiger partial charge in [0, 0.05) is 59.5 Å². The molecule has 0 amide bonds. The number of rotatable bonds is 4. The third kappa shape index (κ3) is 4.91. The molecule has 4 nitrogen and oxygen atoms in total. The number of para-hydroxylation sites is 1. The SMILES string of the molecule is CC1(C)c2ccccc2-c2ccc(-c3nc(-c4ccc(-n5c6ccccc6c6ccc7c8ccccc8sc7c65)cc4)nc(-c4ccc5c(c4)C(C)(C)c4ccccc4-5)n3)cc21. The van der Waals surface area contributed by atoms with Crippen molar-refractivity contribution >= 4 is 53.3 Å². The maximum atomic E-state index is 5.29. The lowest BCUT2D eigenvalue weighted by atomic mass is 9.82.